The molecule has 1 saturated heterocycles. The molecule has 1 unspecified atom stereocenters. The lowest BCUT2D eigenvalue weighted by atomic mass is 9.80. The normalized spacial score (nSPS) is 22.8. The molecule has 0 spiro atoms. The van der Waals surface area contributed by atoms with E-state index in [-0.39, 0.29) is 29.8 Å². The summed E-state index contributed by atoms with van der Waals surface area (Å²) < 4.78 is 0. The van der Waals surface area contributed by atoms with Crippen LogP contribution in [-0.2, 0) is 6.54 Å². The van der Waals surface area contributed by atoms with E-state index in [2.05, 4.69) is 18.7 Å². The van der Waals surface area contributed by atoms with Crippen molar-refractivity contribution in [1.29, 1.82) is 0 Å². The molecule has 0 aromatic carbocycles. The van der Waals surface area contributed by atoms with Gasteiger partial charge in [-0.2, -0.15) is 0 Å². The van der Waals surface area contributed by atoms with Crippen LogP contribution in [0.5, 0.6) is 0 Å². The predicted molar refractivity (Wildman–Crippen MR) is 81.7 cm³/mol. The Balaban J connectivity index is 0.00000180. The lowest BCUT2D eigenvalue weighted by Gasteiger charge is -2.42. The van der Waals surface area contributed by atoms with Gasteiger partial charge in [0, 0.05) is 35.9 Å². The number of carbonyl (C=O) groups excluding carboxylic acids is 1. The number of amides is 1. The molecule has 4 N–H and O–H groups in total. The molecule has 1 aromatic rings. The van der Waals surface area contributed by atoms with Crippen molar-refractivity contribution in [2.75, 3.05) is 13.1 Å². The predicted octanol–water partition coefficient (Wildman–Crippen LogP) is 1.83. The van der Waals surface area contributed by atoms with E-state index in [1.54, 1.807) is 11.3 Å². The van der Waals surface area contributed by atoms with Crippen LogP contribution in [0.2, 0.25) is 0 Å². The first kappa shape index (κ1) is 16.4. The summed E-state index contributed by atoms with van der Waals surface area (Å²) in [6, 6.07) is 2.17. The second kappa shape index (κ2) is 6.22. The van der Waals surface area contributed by atoms with Crippen LogP contribution in [0.3, 0.4) is 0 Å². The first-order valence-electron chi connectivity index (χ1n) is 6.23. The van der Waals surface area contributed by atoms with Crippen LogP contribution in [0.15, 0.2) is 11.4 Å². The van der Waals surface area contributed by atoms with Crippen LogP contribution in [0.1, 0.15) is 35.5 Å². The van der Waals surface area contributed by atoms with E-state index in [4.69, 9.17) is 11.5 Å². The van der Waals surface area contributed by atoms with E-state index in [1.165, 1.54) is 4.88 Å². The third-order valence-electron chi connectivity index (χ3n) is 3.71. The van der Waals surface area contributed by atoms with Gasteiger partial charge in [0.2, 0.25) is 5.91 Å². The average Bonchev–Trinajstić information content (AvgIpc) is 2.72. The standard InChI is InChI=1S/C13H21N3OS.ClH/c1-13(2)8-16(4-3-11(13)14)6-10-5-9(7-18-10)12(15)17;/h5,7,11H,3-4,6,8,14H2,1-2H3,(H2,15,17);1H. The van der Waals surface area contributed by atoms with E-state index in [1.807, 2.05) is 11.4 Å². The minimum Gasteiger partial charge on any atom is -0.366 e. The highest BCUT2D eigenvalue weighted by Crippen LogP contribution is 2.29. The number of hydrogen-bond donors (Lipinski definition) is 2. The highest BCUT2D eigenvalue weighted by atomic mass is 35.5. The van der Waals surface area contributed by atoms with Gasteiger partial charge >= 0.3 is 0 Å². The van der Waals surface area contributed by atoms with Gasteiger partial charge in [-0.25, -0.2) is 0 Å². The first-order chi connectivity index (χ1) is 8.38. The van der Waals surface area contributed by atoms with Crippen molar-refractivity contribution in [3.8, 4) is 0 Å². The number of nitrogens with zero attached hydrogens (tertiary/aromatic N) is 1. The zero-order valence-electron chi connectivity index (χ0n) is 11.4. The lowest BCUT2D eigenvalue weighted by Crippen LogP contribution is -2.51. The molecule has 0 bridgehead atoms. The first-order valence-corrected chi connectivity index (χ1v) is 7.11. The van der Waals surface area contributed by atoms with Gasteiger partial charge in [-0.1, -0.05) is 13.8 Å². The summed E-state index contributed by atoms with van der Waals surface area (Å²) in [5.74, 6) is -0.349. The maximum absolute atomic E-state index is 11.1. The number of rotatable bonds is 3. The molecule has 6 heteroatoms. The summed E-state index contributed by atoms with van der Waals surface area (Å²) in [5.41, 5.74) is 12.2. The van der Waals surface area contributed by atoms with Crippen molar-refractivity contribution in [3.63, 3.8) is 0 Å². The minimum atomic E-state index is -0.349. The number of likely N-dealkylation sites (tertiary alicyclic amines) is 1. The molecule has 1 aliphatic rings. The summed E-state index contributed by atoms with van der Waals surface area (Å²) in [7, 11) is 0. The summed E-state index contributed by atoms with van der Waals surface area (Å²) in [4.78, 5) is 14.6. The number of primary amides is 1. The molecule has 1 atom stereocenters. The fourth-order valence-electron chi connectivity index (χ4n) is 2.43. The summed E-state index contributed by atoms with van der Waals surface area (Å²) >= 11 is 1.60. The summed E-state index contributed by atoms with van der Waals surface area (Å²) in [6.07, 6.45) is 1.03. The van der Waals surface area contributed by atoms with Gasteiger partial charge in [-0.15, -0.1) is 23.7 Å². The van der Waals surface area contributed by atoms with Crippen LogP contribution < -0.4 is 11.5 Å². The van der Waals surface area contributed by atoms with Gasteiger partial charge in [-0.3, -0.25) is 9.69 Å². The monoisotopic (exact) mass is 303 g/mol. The van der Waals surface area contributed by atoms with Crippen LogP contribution in [0.25, 0.3) is 0 Å². The van der Waals surface area contributed by atoms with E-state index in [0.29, 0.717) is 5.56 Å². The molecule has 0 saturated carbocycles. The lowest BCUT2D eigenvalue weighted by molar-refractivity contribution is 0.0906. The van der Waals surface area contributed by atoms with Gasteiger partial charge in [0.25, 0.3) is 0 Å². The molecule has 2 heterocycles. The summed E-state index contributed by atoms with van der Waals surface area (Å²) in [5, 5.41) is 1.83. The second-order valence-corrected chi connectivity index (χ2v) is 6.76. The van der Waals surface area contributed by atoms with Crippen molar-refractivity contribution in [1.82, 2.24) is 4.90 Å². The van der Waals surface area contributed by atoms with E-state index < -0.39 is 0 Å². The highest BCUT2D eigenvalue weighted by molar-refractivity contribution is 7.10. The number of piperidine rings is 1. The van der Waals surface area contributed by atoms with Crippen molar-refractivity contribution in [3.05, 3.63) is 21.9 Å². The quantitative estimate of drug-likeness (QED) is 0.895. The number of carbonyl (C=O) groups is 1. The highest BCUT2D eigenvalue weighted by Gasteiger charge is 2.33. The Morgan fingerprint density at radius 2 is 2.26 bits per heavy atom. The number of thiophene rings is 1. The number of nitrogens with two attached hydrogens (primary N) is 2. The van der Waals surface area contributed by atoms with Crippen molar-refractivity contribution >= 4 is 29.7 Å². The largest absolute Gasteiger partial charge is 0.366 e. The molecule has 1 aromatic heterocycles. The smallest absolute Gasteiger partial charge is 0.249 e. The van der Waals surface area contributed by atoms with Gasteiger partial charge < -0.3 is 11.5 Å². The van der Waals surface area contributed by atoms with E-state index >= 15 is 0 Å². The number of halogens is 1. The molecule has 1 fully saturated rings. The molecule has 2 rings (SSSR count). The molecule has 0 radical (unpaired) electrons. The number of hydrogen-bond acceptors (Lipinski definition) is 4. The Morgan fingerprint density at radius 1 is 1.58 bits per heavy atom. The van der Waals surface area contributed by atoms with E-state index in [9.17, 15) is 4.79 Å². The average molecular weight is 304 g/mol. The van der Waals surface area contributed by atoms with Crippen molar-refractivity contribution in [2.24, 2.45) is 16.9 Å². The minimum absolute atomic E-state index is 0. The molecule has 1 amide bonds. The van der Waals surface area contributed by atoms with Gasteiger partial charge in [0.05, 0.1) is 5.56 Å². The Bertz CT molecular complexity index is 447. The third-order valence-corrected chi connectivity index (χ3v) is 4.63. The topological polar surface area (TPSA) is 72.3 Å². The molecule has 108 valence electrons. The summed E-state index contributed by atoms with van der Waals surface area (Å²) in [6.45, 7) is 7.33. The fraction of sp³-hybridized carbons (Fsp3) is 0.615. The maximum atomic E-state index is 11.1. The molecular formula is C13H22ClN3OS. The molecule has 19 heavy (non-hydrogen) atoms. The van der Waals surface area contributed by atoms with Gasteiger partial charge in [0.1, 0.15) is 0 Å². The molecule has 1 aliphatic heterocycles. The van der Waals surface area contributed by atoms with Crippen LogP contribution in [-0.4, -0.2) is 29.9 Å². The second-order valence-electron chi connectivity index (χ2n) is 5.76. The Labute approximate surface area is 124 Å². The molecule has 0 aliphatic carbocycles. The zero-order chi connectivity index (χ0) is 13.3. The SMILES string of the molecule is CC1(C)CN(Cc2cc(C(N)=O)cs2)CCC1N.Cl. The Morgan fingerprint density at radius 3 is 2.79 bits per heavy atom. The van der Waals surface area contributed by atoms with Crippen LogP contribution in [0, 0.1) is 5.41 Å². The van der Waals surface area contributed by atoms with Crippen LogP contribution >= 0.6 is 23.7 Å². The zero-order valence-corrected chi connectivity index (χ0v) is 13.0. The van der Waals surface area contributed by atoms with Crippen LogP contribution in [0.4, 0.5) is 0 Å². The van der Waals surface area contributed by atoms with Crippen molar-refractivity contribution in [2.45, 2.75) is 32.9 Å². The fourth-order valence-corrected chi connectivity index (χ4v) is 3.35. The van der Waals surface area contributed by atoms with E-state index in [0.717, 1.165) is 26.1 Å². The van der Waals surface area contributed by atoms with Gasteiger partial charge in [0.15, 0.2) is 0 Å². The third kappa shape index (κ3) is 3.92. The Hall–Kier alpha value is -0.620. The molecule has 4 nitrogen and oxygen atoms in total. The Kier molecular flexibility index (Phi) is 5.38. The van der Waals surface area contributed by atoms with Gasteiger partial charge in [-0.05, 0) is 17.9 Å². The maximum Gasteiger partial charge on any atom is 0.249 e. The van der Waals surface area contributed by atoms with Crippen molar-refractivity contribution < 1.29 is 4.79 Å². The molecular weight excluding hydrogens is 282 g/mol.